The van der Waals surface area contributed by atoms with Crippen LogP contribution < -0.4 is 10.1 Å². The Hall–Kier alpha value is -0.770. The van der Waals surface area contributed by atoms with Crippen LogP contribution in [0.3, 0.4) is 0 Å². The Labute approximate surface area is 120 Å². The van der Waals surface area contributed by atoms with Crippen LogP contribution in [0.15, 0.2) is 18.2 Å². The molecule has 0 aromatic heterocycles. The molecular formula is C15H22ClNO2. The monoisotopic (exact) mass is 283 g/mol. The van der Waals surface area contributed by atoms with E-state index in [-0.39, 0.29) is 0 Å². The van der Waals surface area contributed by atoms with E-state index in [0.29, 0.717) is 17.7 Å². The van der Waals surface area contributed by atoms with E-state index < -0.39 is 0 Å². The molecule has 0 bridgehead atoms. The lowest BCUT2D eigenvalue weighted by molar-refractivity contribution is 0.107. The van der Waals surface area contributed by atoms with Crippen LogP contribution in [-0.4, -0.2) is 26.3 Å². The van der Waals surface area contributed by atoms with Crippen molar-refractivity contribution in [3.05, 3.63) is 28.8 Å². The van der Waals surface area contributed by atoms with Gasteiger partial charge in [-0.2, -0.15) is 0 Å². The molecule has 0 amide bonds. The summed E-state index contributed by atoms with van der Waals surface area (Å²) in [5.74, 6) is 0.834. The van der Waals surface area contributed by atoms with Crippen molar-refractivity contribution in [1.29, 1.82) is 0 Å². The van der Waals surface area contributed by atoms with Crippen molar-refractivity contribution >= 4 is 11.6 Å². The maximum atomic E-state index is 5.99. The highest BCUT2D eigenvalue weighted by Gasteiger charge is 2.12. The third-order valence-electron chi connectivity index (χ3n) is 3.52. The highest BCUT2D eigenvalue weighted by Crippen LogP contribution is 2.23. The maximum absolute atomic E-state index is 5.99. The molecular weight excluding hydrogens is 262 g/mol. The molecule has 1 aliphatic heterocycles. The van der Waals surface area contributed by atoms with Gasteiger partial charge in [0.25, 0.3) is 0 Å². The molecule has 1 saturated heterocycles. The van der Waals surface area contributed by atoms with Gasteiger partial charge in [0.15, 0.2) is 0 Å². The van der Waals surface area contributed by atoms with Gasteiger partial charge in [0.05, 0.1) is 13.7 Å². The van der Waals surface area contributed by atoms with Gasteiger partial charge in [0.1, 0.15) is 5.75 Å². The molecule has 1 heterocycles. The number of nitrogens with one attached hydrogen (secondary N) is 1. The molecule has 1 N–H and O–H groups in total. The molecule has 0 radical (unpaired) electrons. The second-order valence-electron chi connectivity index (χ2n) is 4.94. The van der Waals surface area contributed by atoms with Gasteiger partial charge in [0, 0.05) is 23.2 Å². The van der Waals surface area contributed by atoms with E-state index in [1.165, 1.54) is 19.3 Å². The number of hydrogen-bond acceptors (Lipinski definition) is 3. The van der Waals surface area contributed by atoms with Gasteiger partial charge in [-0.3, -0.25) is 0 Å². The van der Waals surface area contributed by atoms with Gasteiger partial charge in [-0.25, -0.2) is 0 Å². The van der Waals surface area contributed by atoms with E-state index in [2.05, 4.69) is 5.32 Å². The van der Waals surface area contributed by atoms with Crippen LogP contribution in [0.25, 0.3) is 0 Å². The molecule has 1 aliphatic rings. The lowest BCUT2D eigenvalue weighted by Gasteiger charge is -2.23. The number of ether oxygens (including phenoxy) is 2. The third-order valence-corrected chi connectivity index (χ3v) is 3.76. The van der Waals surface area contributed by atoms with Crippen molar-refractivity contribution < 1.29 is 9.47 Å². The van der Waals surface area contributed by atoms with Crippen LogP contribution in [-0.2, 0) is 11.3 Å². The molecule has 1 fully saturated rings. The first kappa shape index (κ1) is 14.6. The van der Waals surface area contributed by atoms with E-state index in [0.717, 1.165) is 30.9 Å². The number of halogens is 1. The predicted octanol–water partition coefficient (Wildman–Crippen LogP) is 3.40. The zero-order valence-corrected chi connectivity index (χ0v) is 12.2. The van der Waals surface area contributed by atoms with E-state index in [4.69, 9.17) is 21.1 Å². The SMILES string of the molecule is COc1ccc(Cl)cc1COCCC1CCCCN1. The minimum atomic E-state index is 0.552. The van der Waals surface area contributed by atoms with E-state index in [1.54, 1.807) is 7.11 Å². The fourth-order valence-corrected chi connectivity index (χ4v) is 2.63. The summed E-state index contributed by atoms with van der Waals surface area (Å²) in [6.45, 7) is 2.47. The largest absolute Gasteiger partial charge is 0.496 e. The highest BCUT2D eigenvalue weighted by molar-refractivity contribution is 6.30. The third kappa shape index (κ3) is 4.68. The standard InChI is InChI=1S/C15H22ClNO2/c1-18-15-6-5-13(16)10-12(15)11-19-9-7-14-4-2-3-8-17-14/h5-6,10,14,17H,2-4,7-9,11H2,1H3. The summed E-state index contributed by atoms with van der Waals surface area (Å²) in [5.41, 5.74) is 1.01. The lowest BCUT2D eigenvalue weighted by atomic mass is 10.0. The van der Waals surface area contributed by atoms with Gasteiger partial charge in [-0.15, -0.1) is 0 Å². The topological polar surface area (TPSA) is 30.5 Å². The zero-order valence-electron chi connectivity index (χ0n) is 11.5. The van der Waals surface area contributed by atoms with E-state index in [1.807, 2.05) is 18.2 Å². The lowest BCUT2D eigenvalue weighted by Crippen LogP contribution is -2.34. The fraction of sp³-hybridized carbons (Fsp3) is 0.600. The predicted molar refractivity (Wildman–Crippen MR) is 77.9 cm³/mol. The van der Waals surface area contributed by atoms with Crippen LogP contribution >= 0.6 is 11.6 Å². The number of methoxy groups -OCH3 is 1. The van der Waals surface area contributed by atoms with Gasteiger partial charge < -0.3 is 14.8 Å². The second-order valence-corrected chi connectivity index (χ2v) is 5.38. The molecule has 2 rings (SSSR count). The molecule has 0 spiro atoms. The van der Waals surface area contributed by atoms with Crippen molar-refractivity contribution in [1.82, 2.24) is 5.32 Å². The quantitative estimate of drug-likeness (QED) is 0.812. The molecule has 0 aliphatic carbocycles. The summed E-state index contributed by atoms with van der Waals surface area (Å²) in [5, 5.41) is 4.24. The number of hydrogen-bond donors (Lipinski definition) is 1. The first-order chi connectivity index (χ1) is 9.29. The van der Waals surface area contributed by atoms with Crippen molar-refractivity contribution in [3.8, 4) is 5.75 Å². The van der Waals surface area contributed by atoms with Crippen LogP contribution in [0.5, 0.6) is 5.75 Å². The average Bonchev–Trinajstić information content (AvgIpc) is 2.45. The molecule has 1 aromatic carbocycles. The zero-order chi connectivity index (χ0) is 13.5. The minimum absolute atomic E-state index is 0.552. The summed E-state index contributed by atoms with van der Waals surface area (Å²) < 4.78 is 11.0. The Morgan fingerprint density at radius 1 is 1.37 bits per heavy atom. The molecule has 106 valence electrons. The first-order valence-electron chi connectivity index (χ1n) is 6.93. The van der Waals surface area contributed by atoms with Crippen LogP contribution in [0.1, 0.15) is 31.2 Å². The first-order valence-corrected chi connectivity index (χ1v) is 7.31. The number of piperidine rings is 1. The summed E-state index contributed by atoms with van der Waals surface area (Å²) in [4.78, 5) is 0. The summed E-state index contributed by atoms with van der Waals surface area (Å²) >= 11 is 5.99. The van der Waals surface area contributed by atoms with Crippen molar-refractivity contribution in [3.63, 3.8) is 0 Å². The Kier molecular flexibility index (Phi) is 5.95. The fourth-order valence-electron chi connectivity index (χ4n) is 2.44. The highest BCUT2D eigenvalue weighted by atomic mass is 35.5. The number of benzene rings is 1. The second kappa shape index (κ2) is 7.73. The summed E-state index contributed by atoms with van der Waals surface area (Å²) in [6.07, 6.45) is 4.98. The van der Waals surface area contributed by atoms with Gasteiger partial charge in [-0.1, -0.05) is 18.0 Å². The Balaban J connectivity index is 1.74. The summed E-state index contributed by atoms with van der Waals surface area (Å²) in [6, 6.07) is 6.23. The summed E-state index contributed by atoms with van der Waals surface area (Å²) in [7, 11) is 1.67. The van der Waals surface area contributed by atoms with Crippen molar-refractivity contribution in [2.45, 2.75) is 38.3 Å². The number of rotatable bonds is 6. The van der Waals surface area contributed by atoms with Crippen LogP contribution in [0, 0.1) is 0 Å². The van der Waals surface area contributed by atoms with E-state index >= 15 is 0 Å². The van der Waals surface area contributed by atoms with Crippen molar-refractivity contribution in [2.24, 2.45) is 0 Å². The van der Waals surface area contributed by atoms with Gasteiger partial charge in [0.2, 0.25) is 0 Å². The minimum Gasteiger partial charge on any atom is -0.496 e. The van der Waals surface area contributed by atoms with Crippen LogP contribution in [0.2, 0.25) is 5.02 Å². The normalized spacial score (nSPS) is 19.4. The molecule has 1 atom stereocenters. The molecule has 19 heavy (non-hydrogen) atoms. The molecule has 0 saturated carbocycles. The van der Waals surface area contributed by atoms with Gasteiger partial charge >= 0.3 is 0 Å². The molecule has 4 heteroatoms. The molecule has 1 unspecified atom stereocenters. The molecule has 3 nitrogen and oxygen atoms in total. The Morgan fingerprint density at radius 3 is 3.00 bits per heavy atom. The Bertz CT molecular complexity index is 392. The average molecular weight is 284 g/mol. The van der Waals surface area contributed by atoms with E-state index in [9.17, 15) is 0 Å². The molecule has 1 aromatic rings. The van der Waals surface area contributed by atoms with Gasteiger partial charge in [-0.05, 0) is 44.0 Å². The Morgan fingerprint density at radius 2 is 2.26 bits per heavy atom. The smallest absolute Gasteiger partial charge is 0.124 e. The van der Waals surface area contributed by atoms with Crippen LogP contribution in [0.4, 0.5) is 0 Å². The maximum Gasteiger partial charge on any atom is 0.124 e. The van der Waals surface area contributed by atoms with Crippen molar-refractivity contribution in [2.75, 3.05) is 20.3 Å².